The summed E-state index contributed by atoms with van der Waals surface area (Å²) in [7, 11) is -3.27. The summed E-state index contributed by atoms with van der Waals surface area (Å²) in [6.45, 7) is 0. The highest BCUT2D eigenvalue weighted by Gasteiger charge is 2.23. The Morgan fingerprint density at radius 1 is 1.07 bits per heavy atom. The summed E-state index contributed by atoms with van der Waals surface area (Å²) in [5.41, 5.74) is 1.52. The fourth-order valence-corrected chi connectivity index (χ4v) is 3.14. The molecule has 150 valence electrons. The largest absolute Gasteiger partial charge is 0.467 e. The molecule has 0 heterocycles. The third-order valence-electron chi connectivity index (χ3n) is 3.98. The standard InChI is InChI=1S/C19H22N2O6S/c1-27-19(23)17(20-18(22)12-11-14-7-3-2-4-8-14)13-15-9-5-6-10-16(15)21-28(24,25)26/h2-10,17,21H,11-13H2,1H3,(H,20,22)(H,24,25,26)/t17-/m0/s1. The number of para-hydroxylation sites is 1. The number of anilines is 1. The number of carbonyl (C=O) groups excluding carboxylic acids is 2. The number of amides is 1. The van der Waals surface area contributed by atoms with Gasteiger partial charge in [-0.05, 0) is 23.6 Å². The number of nitrogens with one attached hydrogen (secondary N) is 2. The van der Waals surface area contributed by atoms with E-state index >= 15 is 0 Å². The summed E-state index contributed by atoms with van der Waals surface area (Å²) >= 11 is 0. The number of aryl methyl sites for hydroxylation is 1. The highest BCUT2D eigenvalue weighted by molar-refractivity contribution is 7.87. The van der Waals surface area contributed by atoms with E-state index in [2.05, 4.69) is 5.32 Å². The lowest BCUT2D eigenvalue weighted by Crippen LogP contribution is -2.43. The minimum atomic E-state index is -4.48. The fraction of sp³-hybridized carbons (Fsp3) is 0.263. The van der Waals surface area contributed by atoms with Gasteiger partial charge in [0.05, 0.1) is 12.8 Å². The molecule has 0 aliphatic rings. The van der Waals surface area contributed by atoms with Crippen molar-refractivity contribution in [3.8, 4) is 0 Å². The molecular formula is C19H22N2O6S. The number of carbonyl (C=O) groups is 2. The Kier molecular flexibility index (Phi) is 7.53. The van der Waals surface area contributed by atoms with Crippen LogP contribution in [0, 0.1) is 0 Å². The maximum Gasteiger partial charge on any atom is 0.357 e. The van der Waals surface area contributed by atoms with Crippen molar-refractivity contribution in [3.63, 3.8) is 0 Å². The second-order valence-corrected chi connectivity index (χ2v) is 7.22. The normalized spacial score (nSPS) is 12.1. The van der Waals surface area contributed by atoms with Crippen LogP contribution in [0.5, 0.6) is 0 Å². The molecule has 28 heavy (non-hydrogen) atoms. The molecule has 0 aromatic heterocycles. The third kappa shape index (κ3) is 7.01. The number of esters is 1. The molecule has 1 atom stereocenters. The zero-order valence-electron chi connectivity index (χ0n) is 15.3. The average molecular weight is 406 g/mol. The molecule has 2 aromatic carbocycles. The van der Waals surface area contributed by atoms with Crippen molar-refractivity contribution < 1.29 is 27.3 Å². The molecular weight excluding hydrogens is 384 g/mol. The first-order valence-corrected chi connectivity index (χ1v) is 9.97. The van der Waals surface area contributed by atoms with E-state index in [4.69, 9.17) is 9.29 Å². The Labute approximate surface area is 163 Å². The lowest BCUT2D eigenvalue weighted by atomic mass is 10.0. The smallest absolute Gasteiger partial charge is 0.357 e. The second-order valence-electron chi connectivity index (χ2n) is 6.07. The van der Waals surface area contributed by atoms with Crippen molar-refractivity contribution in [1.29, 1.82) is 0 Å². The average Bonchev–Trinajstić information content (AvgIpc) is 2.66. The van der Waals surface area contributed by atoms with Crippen LogP contribution in [0.25, 0.3) is 0 Å². The second kappa shape index (κ2) is 9.86. The van der Waals surface area contributed by atoms with Crippen LogP contribution in [0.4, 0.5) is 5.69 Å². The topological polar surface area (TPSA) is 122 Å². The Hall–Kier alpha value is -2.91. The lowest BCUT2D eigenvalue weighted by molar-refractivity contribution is -0.145. The first kappa shape index (κ1) is 21.4. The maximum absolute atomic E-state index is 12.3. The quantitative estimate of drug-likeness (QED) is 0.431. The van der Waals surface area contributed by atoms with Crippen LogP contribution in [-0.4, -0.2) is 38.0 Å². The number of ether oxygens (including phenoxy) is 1. The predicted octanol–water partition coefficient (Wildman–Crippen LogP) is 1.73. The van der Waals surface area contributed by atoms with Crippen LogP contribution in [-0.2, 0) is 37.5 Å². The van der Waals surface area contributed by atoms with E-state index in [0.717, 1.165) is 5.56 Å². The Morgan fingerprint density at radius 2 is 1.71 bits per heavy atom. The van der Waals surface area contributed by atoms with Crippen molar-refractivity contribution in [2.45, 2.75) is 25.3 Å². The van der Waals surface area contributed by atoms with Crippen LogP contribution < -0.4 is 10.0 Å². The first-order chi connectivity index (χ1) is 13.3. The molecule has 0 fully saturated rings. The molecule has 0 aliphatic carbocycles. The van der Waals surface area contributed by atoms with E-state index in [1.54, 1.807) is 18.2 Å². The molecule has 2 aromatic rings. The number of benzene rings is 2. The van der Waals surface area contributed by atoms with Crippen LogP contribution in [0.15, 0.2) is 54.6 Å². The van der Waals surface area contributed by atoms with Crippen molar-refractivity contribution in [2.75, 3.05) is 11.8 Å². The van der Waals surface area contributed by atoms with Crippen molar-refractivity contribution in [2.24, 2.45) is 0 Å². The van der Waals surface area contributed by atoms with Gasteiger partial charge < -0.3 is 10.1 Å². The summed E-state index contributed by atoms with van der Waals surface area (Å²) in [6.07, 6.45) is 0.687. The summed E-state index contributed by atoms with van der Waals surface area (Å²) in [4.78, 5) is 24.4. The Morgan fingerprint density at radius 3 is 2.36 bits per heavy atom. The van der Waals surface area contributed by atoms with Gasteiger partial charge in [0.25, 0.3) is 0 Å². The molecule has 3 N–H and O–H groups in total. The molecule has 0 bridgehead atoms. The molecule has 9 heteroatoms. The zero-order valence-corrected chi connectivity index (χ0v) is 16.1. The van der Waals surface area contributed by atoms with E-state index in [1.165, 1.54) is 13.2 Å². The minimum Gasteiger partial charge on any atom is -0.467 e. The summed E-state index contributed by atoms with van der Waals surface area (Å²) < 4.78 is 37.9. The van der Waals surface area contributed by atoms with Crippen molar-refractivity contribution >= 4 is 27.9 Å². The van der Waals surface area contributed by atoms with Crippen molar-refractivity contribution in [1.82, 2.24) is 5.32 Å². The van der Waals surface area contributed by atoms with Gasteiger partial charge in [-0.1, -0.05) is 48.5 Å². The zero-order chi connectivity index (χ0) is 20.6. The van der Waals surface area contributed by atoms with Crippen LogP contribution in [0.1, 0.15) is 17.5 Å². The van der Waals surface area contributed by atoms with Gasteiger partial charge in [0.2, 0.25) is 5.91 Å². The monoisotopic (exact) mass is 406 g/mol. The van der Waals surface area contributed by atoms with E-state index in [9.17, 15) is 18.0 Å². The van der Waals surface area contributed by atoms with E-state index in [1.807, 2.05) is 35.1 Å². The molecule has 0 spiro atoms. The Bertz CT molecular complexity index is 915. The number of rotatable bonds is 9. The fourth-order valence-electron chi connectivity index (χ4n) is 2.66. The van der Waals surface area contributed by atoms with Gasteiger partial charge in [0.15, 0.2) is 0 Å². The van der Waals surface area contributed by atoms with Gasteiger partial charge in [-0.2, -0.15) is 8.42 Å². The molecule has 0 saturated heterocycles. The van der Waals surface area contributed by atoms with Gasteiger partial charge in [-0.3, -0.25) is 14.1 Å². The molecule has 1 amide bonds. The molecule has 2 rings (SSSR count). The number of hydrogen-bond acceptors (Lipinski definition) is 5. The highest BCUT2D eigenvalue weighted by Crippen LogP contribution is 2.18. The summed E-state index contributed by atoms with van der Waals surface area (Å²) in [5, 5.41) is 2.62. The molecule has 8 nitrogen and oxygen atoms in total. The van der Waals surface area contributed by atoms with Crippen molar-refractivity contribution in [3.05, 3.63) is 65.7 Å². The highest BCUT2D eigenvalue weighted by atomic mass is 32.2. The predicted molar refractivity (Wildman–Crippen MR) is 104 cm³/mol. The van der Waals surface area contributed by atoms with Crippen LogP contribution in [0.2, 0.25) is 0 Å². The molecule has 0 radical (unpaired) electrons. The molecule has 0 unspecified atom stereocenters. The third-order valence-corrected chi connectivity index (χ3v) is 4.46. The SMILES string of the molecule is COC(=O)[C@H](Cc1ccccc1NS(=O)(=O)O)NC(=O)CCc1ccccc1. The minimum absolute atomic E-state index is 0.0115. The van der Waals surface area contributed by atoms with Crippen LogP contribution in [0.3, 0.4) is 0 Å². The van der Waals surface area contributed by atoms with Gasteiger partial charge in [-0.15, -0.1) is 0 Å². The van der Waals surface area contributed by atoms with Crippen LogP contribution >= 0.6 is 0 Å². The Balaban J connectivity index is 2.08. The van der Waals surface area contributed by atoms with Gasteiger partial charge in [0, 0.05) is 12.8 Å². The molecule has 0 saturated carbocycles. The number of hydrogen-bond donors (Lipinski definition) is 3. The lowest BCUT2D eigenvalue weighted by Gasteiger charge is -2.18. The van der Waals surface area contributed by atoms with E-state index < -0.39 is 22.3 Å². The summed E-state index contributed by atoms with van der Waals surface area (Å²) in [6, 6.07) is 14.7. The maximum atomic E-state index is 12.3. The van der Waals surface area contributed by atoms with Gasteiger partial charge in [0.1, 0.15) is 6.04 Å². The molecule has 0 aliphatic heterocycles. The van der Waals surface area contributed by atoms with Gasteiger partial charge in [-0.25, -0.2) is 4.79 Å². The van der Waals surface area contributed by atoms with E-state index in [-0.39, 0.29) is 24.4 Å². The van der Waals surface area contributed by atoms with E-state index in [0.29, 0.717) is 12.0 Å². The summed E-state index contributed by atoms with van der Waals surface area (Å²) in [5.74, 6) is -0.991. The number of methoxy groups -OCH3 is 1. The van der Waals surface area contributed by atoms with Gasteiger partial charge >= 0.3 is 16.3 Å². The first-order valence-electron chi connectivity index (χ1n) is 8.52.